The summed E-state index contributed by atoms with van der Waals surface area (Å²) in [5.41, 5.74) is 3.93. The molecular formula is C15H18N2O. The molecule has 0 spiro atoms. The fourth-order valence-corrected chi connectivity index (χ4v) is 2.02. The molecule has 1 aromatic heterocycles. The summed E-state index contributed by atoms with van der Waals surface area (Å²) in [6, 6.07) is 8.31. The van der Waals surface area contributed by atoms with Gasteiger partial charge in [-0.25, -0.2) is 0 Å². The first kappa shape index (κ1) is 12.6. The van der Waals surface area contributed by atoms with Gasteiger partial charge in [0, 0.05) is 12.6 Å². The molecule has 0 saturated heterocycles. The highest BCUT2D eigenvalue weighted by Gasteiger charge is 2.15. The van der Waals surface area contributed by atoms with E-state index in [1.165, 1.54) is 5.56 Å². The summed E-state index contributed by atoms with van der Waals surface area (Å²) >= 11 is 0. The Kier molecular flexibility index (Phi) is 3.07. The number of nitrogens with zero attached hydrogens (tertiary/aromatic N) is 2. The lowest BCUT2D eigenvalue weighted by Gasteiger charge is -2.19. The summed E-state index contributed by atoms with van der Waals surface area (Å²) < 4.78 is 1.73. The van der Waals surface area contributed by atoms with Gasteiger partial charge in [-0.05, 0) is 11.0 Å². The largest absolute Gasteiger partial charge is 0.298 e. The quantitative estimate of drug-likeness (QED) is 0.758. The third-order valence-corrected chi connectivity index (χ3v) is 3.12. The van der Waals surface area contributed by atoms with E-state index >= 15 is 0 Å². The highest BCUT2D eigenvalue weighted by molar-refractivity contribution is 5.85. The number of benzene rings is 1. The van der Waals surface area contributed by atoms with Gasteiger partial charge in [0.05, 0.1) is 17.5 Å². The SMILES string of the molecule is Cn1ncc(C=O)c1-c1ccc(C(C)(C)C)cc1. The van der Waals surface area contributed by atoms with Gasteiger partial charge in [0.15, 0.2) is 6.29 Å². The van der Waals surface area contributed by atoms with Gasteiger partial charge in [-0.3, -0.25) is 9.48 Å². The second-order valence-electron chi connectivity index (χ2n) is 5.52. The Hall–Kier alpha value is -1.90. The Balaban J connectivity index is 2.46. The molecule has 0 aliphatic carbocycles. The number of aldehydes is 1. The Morgan fingerprint density at radius 2 is 1.78 bits per heavy atom. The van der Waals surface area contributed by atoms with Crippen LogP contribution in [0.5, 0.6) is 0 Å². The fourth-order valence-electron chi connectivity index (χ4n) is 2.02. The maximum absolute atomic E-state index is 11.0. The van der Waals surface area contributed by atoms with Gasteiger partial charge in [-0.2, -0.15) is 5.10 Å². The van der Waals surface area contributed by atoms with Crippen LogP contribution < -0.4 is 0 Å². The molecule has 94 valence electrons. The van der Waals surface area contributed by atoms with E-state index in [0.717, 1.165) is 17.5 Å². The van der Waals surface area contributed by atoms with E-state index in [2.05, 4.69) is 38.0 Å². The predicted octanol–water partition coefficient (Wildman–Crippen LogP) is 3.20. The number of aryl methyl sites for hydroxylation is 1. The van der Waals surface area contributed by atoms with Crippen molar-refractivity contribution < 1.29 is 4.79 Å². The van der Waals surface area contributed by atoms with Crippen LogP contribution in [-0.2, 0) is 12.5 Å². The van der Waals surface area contributed by atoms with Gasteiger partial charge in [-0.1, -0.05) is 45.0 Å². The van der Waals surface area contributed by atoms with Crippen LogP contribution in [0.2, 0.25) is 0 Å². The molecule has 0 radical (unpaired) electrons. The Morgan fingerprint density at radius 1 is 1.17 bits per heavy atom. The normalized spacial score (nSPS) is 11.6. The molecule has 0 unspecified atom stereocenters. The summed E-state index contributed by atoms with van der Waals surface area (Å²) in [5, 5.41) is 4.12. The zero-order valence-electron chi connectivity index (χ0n) is 11.3. The molecule has 0 amide bonds. The van der Waals surface area contributed by atoms with Gasteiger partial charge in [0.1, 0.15) is 0 Å². The molecule has 0 aliphatic heterocycles. The molecular weight excluding hydrogens is 224 g/mol. The van der Waals surface area contributed by atoms with Gasteiger partial charge in [0.25, 0.3) is 0 Å². The molecule has 2 rings (SSSR count). The van der Waals surface area contributed by atoms with E-state index in [-0.39, 0.29) is 5.41 Å². The predicted molar refractivity (Wildman–Crippen MR) is 72.7 cm³/mol. The average Bonchev–Trinajstić information content (AvgIpc) is 2.69. The zero-order chi connectivity index (χ0) is 13.3. The van der Waals surface area contributed by atoms with Crippen LogP contribution >= 0.6 is 0 Å². The molecule has 0 aliphatic rings. The number of hydrogen-bond acceptors (Lipinski definition) is 2. The first-order chi connectivity index (χ1) is 8.43. The van der Waals surface area contributed by atoms with Gasteiger partial charge >= 0.3 is 0 Å². The molecule has 0 fully saturated rings. The first-order valence-corrected chi connectivity index (χ1v) is 6.01. The van der Waals surface area contributed by atoms with Crippen molar-refractivity contribution in [2.24, 2.45) is 7.05 Å². The van der Waals surface area contributed by atoms with Crippen molar-refractivity contribution in [3.05, 3.63) is 41.6 Å². The second-order valence-corrected chi connectivity index (χ2v) is 5.52. The van der Waals surface area contributed by atoms with Gasteiger partial charge in [-0.15, -0.1) is 0 Å². The Morgan fingerprint density at radius 3 is 2.28 bits per heavy atom. The van der Waals surface area contributed by atoms with Crippen LogP contribution in [0, 0.1) is 0 Å². The second kappa shape index (κ2) is 4.41. The molecule has 1 aromatic carbocycles. The van der Waals surface area contributed by atoms with E-state index in [4.69, 9.17) is 0 Å². The van der Waals surface area contributed by atoms with E-state index in [9.17, 15) is 4.79 Å². The molecule has 18 heavy (non-hydrogen) atoms. The molecule has 3 heteroatoms. The van der Waals surface area contributed by atoms with Gasteiger partial charge in [0.2, 0.25) is 0 Å². The number of aromatic nitrogens is 2. The summed E-state index contributed by atoms with van der Waals surface area (Å²) in [7, 11) is 1.85. The number of carbonyl (C=O) groups is 1. The van der Waals surface area contributed by atoms with Crippen molar-refractivity contribution >= 4 is 6.29 Å². The van der Waals surface area contributed by atoms with Crippen molar-refractivity contribution in [3.8, 4) is 11.3 Å². The Bertz CT molecular complexity index is 559. The molecule has 1 heterocycles. The molecule has 2 aromatic rings. The third kappa shape index (κ3) is 2.21. The van der Waals surface area contributed by atoms with Crippen LogP contribution in [0.15, 0.2) is 30.5 Å². The van der Waals surface area contributed by atoms with E-state index in [0.29, 0.717) is 5.56 Å². The van der Waals surface area contributed by atoms with Crippen molar-refractivity contribution in [2.45, 2.75) is 26.2 Å². The van der Waals surface area contributed by atoms with E-state index in [1.54, 1.807) is 10.9 Å². The van der Waals surface area contributed by atoms with Gasteiger partial charge < -0.3 is 0 Å². The highest BCUT2D eigenvalue weighted by Crippen LogP contribution is 2.27. The smallest absolute Gasteiger partial charge is 0.153 e. The Labute approximate surface area is 107 Å². The maximum Gasteiger partial charge on any atom is 0.153 e. The number of hydrogen-bond donors (Lipinski definition) is 0. The first-order valence-electron chi connectivity index (χ1n) is 6.01. The van der Waals surface area contributed by atoms with Crippen molar-refractivity contribution in [1.82, 2.24) is 9.78 Å². The third-order valence-electron chi connectivity index (χ3n) is 3.12. The summed E-state index contributed by atoms with van der Waals surface area (Å²) in [6.07, 6.45) is 2.44. The minimum atomic E-state index is 0.137. The van der Waals surface area contributed by atoms with Crippen molar-refractivity contribution in [1.29, 1.82) is 0 Å². The van der Waals surface area contributed by atoms with Crippen LogP contribution in [-0.4, -0.2) is 16.1 Å². The topological polar surface area (TPSA) is 34.9 Å². The maximum atomic E-state index is 11.0. The summed E-state index contributed by atoms with van der Waals surface area (Å²) in [6.45, 7) is 6.55. The summed E-state index contributed by atoms with van der Waals surface area (Å²) in [4.78, 5) is 11.0. The van der Waals surface area contributed by atoms with Crippen LogP contribution in [0.4, 0.5) is 0 Å². The molecule has 3 nitrogen and oxygen atoms in total. The monoisotopic (exact) mass is 242 g/mol. The number of rotatable bonds is 2. The lowest BCUT2D eigenvalue weighted by atomic mass is 9.86. The highest BCUT2D eigenvalue weighted by atomic mass is 16.1. The zero-order valence-corrected chi connectivity index (χ0v) is 11.3. The summed E-state index contributed by atoms with van der Waals surface area (Å²) in [5.74, 6) is 0. The van der Waals surface area contributed by atoms with Crippen LogP contribution in [0.1, 0.15) is 36.7 Å². The lowest BCUT2D eigenvalue weighted by molar-refractivity contribution is 0.112. The average molecular weight is 242 g/mol. The van der Waals surface area contributed by atoms with E-state index < -0.39 is 0 Å². The molecule has 0 saturated carbocycles. The minimum Gasteiger partial charge on any atom is -0.298 e. The minimum absolute atomic E-state index is 0.137. The van der Waals surface area contributed by atoms with Crippen molar-refractivity contribution in [3.63, 3.8) is 0 Å². The standard InChI is InChI=1S/C15H18N2O/c1-15(2,3)13-7-5-11(6-8-13)14-12(10-18)9-16-17(14)4/h5-10H,1-4H3. The van der Waals surface area contributed by atoms with E-state index in [1.807, 2.05) is 19.2 Å². The van der Waals surface area contributed by atoms with Crippen molar-refractivity contribution in [2.75, 3.05) is 0 Å². The molecule has 0 bridgehead atoms. The molecule has 0 N–H and O–H groups in total. The lowest BCUT2D eigenvalue weighted by Crippen LogP contribution is -2.10. The number of carbonyl (C=O) groups excluding carboxylic acids is 1. The molecule has 0 atom stereocenters. The fraction of sp³-hybridized carbons (Fsp3) is 0.333. The van der Waals surface area contributed by atoms with Crippen LogP contribution in [0.3, 0.4) is 0 Å². The van der Waals surface area contributed by atoms with Crippen LogP contribution in [0.25, 0.3) is 11.3 Å².